The van der Waals surface area contributed by atoms with E-state index in [0.717, 1.165) is 21.4 Å². The van der Waals surface area contributed by atoms with Crippen molar-refractivity contribution in [3.63, 3.8) is 0 Å². The van der Waals surface area contributed by atoms with Gasteiger partial charge in [-0.25, -0.2) is 0 Å². The smallest absolute Gasteiger partial charge is 0.270 e. The number of hydrogen-bond donors (Lipinski definition) is 0. The van der Waals surface area contributed by atoms with Crippen LogP contribution in [-0.4, -0.2) is 52.3 Å². The van der Waals surface area contributed by atoms with E-state index in [2.05, 4.69) is 0 Å². The van der Waals surface area contributed by atoms with Crippen molar-refractivity contribution in [2.24, 2.45) is 0 Å². The van der Waals surface area contributed by atoms with Crippen LogP contribution < -0.4 is 0 Å². The van der Waals surface area contributed by atoms with Crippen molar-refractivity contribution in [3.8, 4) is 0 Å². The first-order valence-electron chi connectivity index (χ1n) is 8.33. The molecule has 3 amide bonds. The van der Waals surface area contributed by atoms with Crippen LogP contribution in [0.5, 0.6) is 0 Å². The van der Waals surface area contributed by atoms with Gasteiger partial charge in [0.05, 0.1) is 16.1 Å². The third kappa shape index (κ3) is 3.74. The van der Waals surface area contributed by atoms with Crippen molar-refractivity contribution in [3.05, 3.63) is 69.3 Å². The third-order valence-corrected chi connectivity index (χ3v) is 5.21. The van der Waals surface area contributed by atoms with E-state index in [9.17, 15) is 24.5 Å². The fraction of sp³-hybridized carbons (Fsp3) is 0.211. The maximum absolute atomic E-state index is 12.5. The van der Waals surface area contributed by atoms with E-state index >= 15 is 0 Å². The normalized spacial score (nSPS) is 12.9. The van der Waals surface area contributed by atoms with Crippen LogP contribution in [0, 0.1) is 10.1 Å². The predicted molar refractivity (Wildman–Crippen MR) is 103 cm³/mol. The van der Waals surface area contributed by atoms with Gasteiger partial charge in [0.2, 0.25) is 5.91 Å². The van der Waals surface area contributed by atoms with E-state index in [-0.39, 0.29) is 16.8 Å². The van der Waals surface area contributed by atoms with Gasteiger partial charge in [-0.3, -0.25) is 29.4 Å². The molecule has 0 bridgehead atoms. The van der Waals surface area contributed by atoms with Crippen LogP contribution in [0.15, 0.2) is 47.4 Å². The SMILES string of the molecule is CSc1ccc(CN(C)C(=O)CN2C(=O)c3ccc([N+](=O)[O-])cc3C2=O)cc1. The molecule has 1 heterocycles. The Morgan fingerprint density at radius 2 is 1.75 bits per heavy atom. The molecule has 0 aromatic heterocycles. The number of nitro groups is 1. The predicted octanol–water partition coefficient (Wildman–Crippen LogP) is 2.57. The first kappa shape index (κ1) is 19.6. The highest BCUT2D eigenvalue weighted by Crippen LogP contribution is 2.26. The number of imide groups is 1. The van der Waals surface area contributed by atoms with Crippen LogP contribution in [0.2, 0.25) is 0 Å². The molecule has 8 nitrogen and oxygen atoms in total. The van der Waals surface area contributed by atoms with Gasteiger partial charge in [-0.15, -0.1) is 11.8 Å². The quantitative estimate of drug-likeness (QED) is 0.320. The molecular weight excluding hydrogens is 382 g/mol. The van der Waals surface area contributed by atoms with Crippen LogP contribution in [0.25, 0.3) is 0 Å². The lowest BCUT2D eigenvalue weighted by Gasteiger charge is -2.21. The molecular formula is C19H17N3O5S. The zero-order valence-electron chi connectivity index (χ0n) is 15.2. The average molecular weight is 399 g/mol. The maximum atomic E-state index is 12.5. The minimum Gasteiger partial charge on any atom is -0.340 e. The van der Waals surface area contributed by atoms with Crippen molar-refractivity contribution in [2.45, 2.75) is 11.4 Å². The number of fused-ring (bicyclic) bond motifs is 1. The molecule has 0 atom stereocenters. The zero-order chi connectivity index (χ0) is 20.4. The summed E-state index contributed by atoms with van der Waals surface area (Å²) in [6, 6.07) is 11.2. The van der Waals surface area contributed by atoms with E-state index in [1.165, 1.54) is 17.0 Å². The Bertz CT molecular complexity index is 974. The zero-order valence-corrected chi connectivity index (χ0v) is 16.1. The lowest BCUT2D eigenvalue weighted by molar-refractivity contribution is -0.384. The van der Waals surface area contributed by atoms with Gasteiger partial charge in [0.15, 0.2) is 0 Å². The summed E-state index contributed by atoms with van der Waals surface area (Å²) in [6.07, 6.45) is 1.97. The topological polar surface area (TPSA) is 101 Å². The van der Waals surface area contributed by atoms with Crippen molar-refractivity contribution in [1.82, 2.24) is 9.80 Å². The molecule has 0 unspecified atom stereocenters. The number of nitro benzene ring substituents is 1. The maximum Gasteiger partial charge on any atom is 0.270 e. The lowest BCUT2D eigenvalue weighted by Crippen LogP contribution is -2.40. The Kier molecular flexibility index (Phi) is 5.46. The van der Waals surface area contributed by atoms with Gasteiger partial charge in [-0.05, 0) is 30.0 Å². The fourth-order valence-electron chi connectivity index (χ4n) is 2.88. The fourth-order valence-corrected chi connectivity index (χ4v) is 3.29. The van der Waals surface area contributed by atoms with Crippen LogP contribution in [-0.2, 0) is 11.3 Å². The van der Waals surface area contributed by atoms with E-state index in [1.807, 2.05) is 30.5 Å². The number of rotatable bonds is 6. The summed E-state index contributed by atoms with van der Waals surface area (Å²) in [5.74, 6) is -1.73. The molecule has 1 aliphatic rings. The first-order chi connectivity index (χ1) is 13.3. The van der Waals surface area contributed by atoms with E-state index < -0.39 is 29.2 Å². The number of nitrogens with zero attached hydrogens (tertiary/aromatic N) is 3. The second-order valence-corrected chi connectivity index (χ2v) is 7.16. The Morgan fingerprint density at radius 1 is 1.11 bits per heavy atom. The Morgan fingerprint density at radius 3 is 2.36 bits per heavy atom. The molecule has 0 N–H and O–H groups in total. The summed E-state index contributed by atoms with van der Waals surface area (Å²) in [6.45, 7) is -0.0817. The molecule has 2 aromatic rings. The number of hydrogen-bond acceptors (Lipinski definition) is 6. The van der Waals surface area contributed by atoms with Gasteiger partial charge in [0.25, 0.3) is 17.5 Å². The minimum atomic E-state index is -0.699. The van der Waals surface area contributed by atoms with Crippen LogP contribution in [0.1, 0.15) is 26.3 Å². The molecule has 144 valence electrons. The molecule has 1 aliphatic heterocycles. The number of likely N-dealkylation sites (N-methyl/N-ethyl adjacent to an activating group) is 1. The molecule has 0 fully saturated rings. The van der Waals surface area contributed by atoms with Gasteiger partial charge in [0.1, 0.15) is 6.54 Å². The summed E-state index contributed by atoms with van der Waals surface area (Å²) < 4.78 is 0. The van der Waals surface area contributed by atoms with E-state index in [0.29, 0.717) is 6.54 Å². The highest BCUT2D eigenvalue weighted by Gasteiger charge is 2.38. The summed E-state index contributed by atoms with van der Waals surface area (Å²) >= 11 is 1.62. The molecule has 0 aliphatic carbocycles. The van der Waals surface area contributed by atoms with Crippen LogP contribution >= 0.6 is 11.8 Å². The van der Waals surface area contributed by atoms with Crippen LogP contribution in [0.4, 0.5) is 5.69 Å². The van der Waals surface area contributed by atoms with E-state index in [1.54, 1.807) is 18.8 Å². The Hall–Kier alpha value is -3.20. The summed E-state index contributed by atoms with van der Waals surface area (Å²) in [5, 5.41) is 10.9. The molecule has 0 saturated carbocycles. The molecule has 3 rings (SSSR count). The minimum absolute atomic E-state index is 0.0534. The molecule has 0 spiro atoms. The molecule has 28 heavy (non-hydrogen) atoms. The molecule has 0 radical (unpaired) electrons. The summed E-state index contributed by atoms with van der Waals surface area (Å²) in [7, 11) is 1.59. The lowest BCUT2D eigenvalue weighted by atomic mass is 10.1. The van der Waals surface area contributed by atoms with Gasteiger partial charge in [0, 0.05) is 30.6 Å². The standard InChI is InChI=1S/C19H17N3O5S/c1-20(10-12-3-6-14(28-2)7-4-12)17(23)11-21-18(24)15-8-5-13(22(26)27)9-16(15)19(21)25/h3-9H,10-11H2,1-2H3. The second-order valence-electron chi connectivity index (χ2n) is 6.28. The Labute approximate surface area is 165 Å². The number of benzene rings is 2. The molecule has 0 saturated heterocycles. The van der Waals surface area contributed by atoms with Crippen molar-refractivity contribution in [2.75, 3.05) is 19.8 Å². The third-order valence-electron chi connectivity index (χ3n) is 4.46. The van der Waals surface area contributed by atoms with E-state index in [4.69, 9.17) is 0 Å². The number of carbonyl (C=O) groups excluding carboxylic acids is 3. The highest BCUT2D eigenvalue weighted by molar-refractivity contribution is 7.98. The first-order valence-corrected chi connectivity index (χ1v) is 9.56. The van der Waals surface area contributed by atoms with Crippen LogP contribution in [0.3, 0.4) is 0 Å². The average Bonchev–Trinajstić information content (AvgIpc) is 2.92. The summed E-state index contributed by atoms with van der Waals surface area (Å²) in [5.41, 5.74) is 0.659. The van der Waals surface area contributed by atoms with Gasteiger partial charge >= 0.3 is 0 Å². The molecule has 9 heteroatoms. The Balaban J connectivity index is 1.70. The van der Waals surface area contributed by atoms with Gasteiger partial charge in [-0.1, -0.05) is 12.1 Å². The largest absolute Gasteiger partial charge is 0.340 e. The number of non-ortho nitro benzene ring substituents is 1. The number of amides is 3. The molecule has 2 aromatic carbocycles. The monoisotopic (exact) mass is 399 g/mol. The van der Waals surface area contributed by atoms with Crippen molar-refractivity contribution < 1.29 is 19.3 Å². The van der Waals surface area contributed by atoms with Gasteiger partial charge < -0.3 is 4.90 Å². The highest BCUT2D eigenvalue weighted by atomic mass is 32.2. The second kappa shape index (κ2) is 7.81. The van der Waals surface area contributed by atoms with Gasteiger partial charge in [-0.2, -0.15) is 0 Å². The summed E-state index contributed by atoms with van der Waals surface area (Å²) in [4.78, 5) is 51.0. The van der Waals surface area contributed by atoms with Crippen molar-refractivity contribution >= 4 is 35.2 Å². The number of thioether (sulfide) groups is 1. The number of carbonyl (C=O) groups is 3. The van der Waals surface area contributed by atoms with Crippen molar-refractivity contribution in [1.29, 1.82) is 0 Å².